The van der Waals surface area contributed by atoms with E-state index in [-0.39, 0.29) is 30.4 Å². The molecule has 1 heterocycles. The van der Waals surface area contributed by atoms with Crippen molar-refractivity contribution in [3.05, 3.63) is 35.4 Å². The minimum Gasteiger partial charge on any atom is -0.352 e. The molecule has 1 aliphatic rings. The quantitative estimate of drug-likeness (QED) is 0.815. The molecule has 1 aromatic carbocycles. The van der Waals surface area contributed by atoms with Crippen molar-refractivity contribution >= 4 is 11.7 Å². The average Bonchev–Trinajstić information content (AvgIpc) is 2.46. The number of amides is 1. The summed E-state index contributed by atoms with van der Waals surface area (Å²) in [7, 11) is 0. The van der Waals surface area contributed by atoms with Crippen molar-refractivity contribution in [2.45, 2.75) is 31.7 Å². The SMILES string of the molecule is O=C(CCC(=O)c1ccc(F)cc1F)NC1CCCNC1. The number of rotatable bonds is 5. The Hall–Kier alpha value is -1.82. The lowest BCUT2D eigenvalue weighted by molar-refractivity contribution is -0.121. The van der Waals surface area contributed by atoms with Gasteiger partial charge in [-0.1, -0.05) is 0 Å². The fourth-order valence-electron chi connectivity index (χ4n) is 2.35. The first-order valence-corrected chi connectivity index (χ1v) is 7.04. The van der Waals surface area contributed by atoms with Gasteiger partial charge in [-0.25, -0.2) is 8.78 Å². The molecule has 21 heavy (non-hydrogen) atoms. The van der Waals surface area contributed by atoms with Crippen LogP contribution < -0.4 is 10.6 Å². The number of nitrogens with one attached hydrogen (secondary N) is 2. The minimum absolute atomic E-state index is 0.00610. The van der Waals surface area contributed by atoms with Gasteiger partial charge in [0.25, 0.3) is 0 Å². The summed E-state index contributed by atoms with van der Waals surface area (Å²) in [6.07, 6.45) is 1.84. The Labute approximate surface area is 121 Å². The Kier molecular flexibility index (Phi) is 5.38. The van der Waals surface area contributed by atoms with E-state index in [1.165, 1.54) is 0 Å². The molecule has 114 valence electrons. The third-order valence-electron chi connectivity index (χ3n) is 3.47. The molecule has 2 N–H and O–H groups in total. The second-order valence-electron chi connectivity index (χ2n) is 5.16. The van der Waals surface area contributed by atoms with E-state index in [0.29, 0.717) is 6.07 Å². The third kappa shape index (κ3) is 4.60. The first-order valence-electron chi connectivity index (χ1n) is 7.04. The van der Waals surface area contributed by atoms with Gasteiger partial charge in [-0.2, -0.15) is 0 Å². The summed E-state index contributed by atoms with van der Waals surface area (Å²) in [5.74, 6) is -2.34. The van der Waals surface area contributed by atoms with Crippen LogP contribution in [-0.4, -0.2) is 30.8 Å². The molecule has 1 aliphatic heterocycles. The van der Waals surface area contributed by atoms with Gasteiger partial charge in [0.05, 0.1) is 5.56 Å². The van der Waals surface area contributed by atoms with E-state index in [4.69, 9.17) is 0 Å². The van der Waals surface area contributed by atoms with Gasteiger partial charge in [0.15, 0.2) is 5.78 Å². The summed E-state index contributed by atoms with van der Waals surface area (Å²) in [6, 6.07) is 2.89. The molecule has 6 heteroatoms. The highest BCUT2D eigenvalue weighted by molar-refractivity contribution is 5.98. The normalized spacial score (nSPS) is 18.3. The number of Topliss-reactive ketones (excluding diaryl/α,β-unsaturated/α-hetero) is 1. The maximum Gasteiger partial charge on any atom is 0.220 e. The van der Waals surface area contributed by atoms with Crippen molar-refractivity contribution < 1.29 is 18.4 Å². The molecule has 4 nitrogen and oxygen atoms in total. The topological polar surface area (TPSA) is 58.2 Å². The molecular weight excluding hydrogens is 278 g/mol. The monoisotopic (exact) mass is 296 g/mol. The molecule has 1 fully saturated rings. The number of halogens is 2. The zero-order chi connectivity index (χ0) is 15.2. The third-order valence-corrected chi connectivity index (χ3v) is 3.47. The molecule has 0 saturated carbocycles. The fraction of sp³-hybridized carbons (Fsp3) is 0.467. The number of ketones is 1. The second-order valence-corrected chi connectivity index (χ2v) is 5.16. The van der Waals surface area contributed by atoms with Crippen molar-refractivity contribution in [1.82, 2.24) is 10.6 Å². The zero-order valence-electron chi connectivity index (χ0n) is 11.6. The summed E-state index contributed by atoms with van der Waals surface area (Å²) >= 11 is 0. The Bertz CT molecular complexity index is 528. The van der Waals surface area contributed by atoms with E-state index in [9.17, 15) is 18.4 Å². The predicted octanol–water partition coefficient (Wildman–Crippen LogP) is 1.80. The van der Waals surface area contributed by atoms with E-state index < -0.39 is 17.4 Å². The average molecular weight is 296 g/mol. The molecule has 0 bridgehead atoms. The van der Waals surface area contributed by atoms with Gasteiger partial charge in [0.2, 0.25) is 5.91 Å². The van der Waals surface area contributed by atoms with Crippen molar-refractivity contribution in [3.63, 3.8) is 0 Å². The van der Waals surface area contributed by atoms with Crippen LogP contribution in [0.1, 0.15) is 36.0 Å². The fourth-order valence-corrected chi connectivity index (χ4v) is 2.35. The Morgan fingerprint density at radius 3 is 2.76 bits per heavy atom. The highest BCUT2D eigenvalue weighted by Crippen LogP contribution is 2.13. The molecule has 1 atom stereocenters. The molecular formula is C15H18F2N2O2. The van der Waals surface area contributed by atoms with Crippen LogP contribution in [0.15, 0.2) is 18.2 Å². The number of hydrogen-bond donors (Lipinski definition) is 2. The molecule has 0 aromatic heterocycles. The highest BCUT2D eigenvalue weighted by atomic mass is 19.1. The smallest absolute Gasteiger partial charge is 0.220 e. The lowest BCUT2D eigenvalue weighted by Crippen LogP contribution is -2.45. The van der Waals surface area contributed by atoms with Gasteiger partial charge < -0.3 is 10.6 Å². The maximum absolute atomic E-state index is 13.4. The molecule has 0 spiro atoms. The summed E-state index contributed by atoms with van der Waals surface area (Å²) < 4.78 is 26.2. The minimum atomic E-state index is -0.892. The number of carbonyl (C=O) groups excluding carboxylic acids is 2. The summed E-state index contributed by atoms with van der Waals surface area (Å²) in [5, 5.41) is 6.02. The van der Waals surface area contributed by atoms with Crippen LogP contribution in [0.5, 0.6) is 0 Å². The summed E-state index contributed by atoms with van der Waals surface area (Å²) in [6.45, 7) is 1.68. The Morgan fingerprint density at radius 2 is 2.10 bits per heavy atom. The molecule has 0 radical (unpaired) electrons. The van der Waals surface area contributed by atoms with Crippen LogP contribution >= 0.6 is 0 Å². The standard InChI is InChI=1S/C15H18F2N2O2/c16-10-3-4-12(13(17)8-10)14(20)5-6-15(21)19-11-2-1-7-18-9-11/h3-4,8,11,18H,1-2,5-7,9H2,(H,19,21). The van der Waals surface area contributed by atoms with Crippen molar-refractivity contribution in [1.29, 1.82) is 0 Å². The van der Waals surface area contributed by atoms with E-state index >= 15 is 0 Å². The Balaban J connectivity index is 1.81. The first-order chi connectivity index (χ1) is 10.1. The van der Waals surface area contributed by atoms with Crippen molar-refractivity contribution in [2.24, 2.45) is 0 Å². The largest absolute Gasteiger partial charge is 0.352 e. The van der Waals surface area contributed by atoms with Crippen molar-refractivity contribution in [3.8, 4) is 0 Å². The van der Waals surface area contributed by atoms with Crippen LogP contribution in [0.3, 0.4) is 0 Å². The summed E-state index contributed by atoms with van der Waals surface area (Å²) in [4.78, 5) is 23.6. The van der Waals surface area contributed by atoms with Crippen LogP contribution in [0.2, 0.25) is 0 Å². The number of carbonyl (C=O) groups is 2. The van der Waals surface area contributed by atoms with E-state index in [1.54, 1.807) is 0 Å². The molecule has 0 aliphatic carbocycles. The van der Waals surface area contributed by atoms with Gasteiger partial charge >= 0.3 is 0 Å². The van der Waals surface area contributed by atoms with E-state index in [2.05, 4.69) is 10.6 Å². The van der Waals surface area contributed by atoms with Crippen LogP contribution in [0.25, 0.3) is 0 Å². The van der Waals surface area contributed by atoms with E-state index in [0.717, 1.165) is 38.1 Å². The number of hydrogen-bond acceptors (Lipinski definition) is 3. The van der Waals surface area contributed by atoms with Crippen LogP contribution in [0, 0.1) is 11.6 Å². The van der Waals surface area contributed by atoms with Crippen molar-refractivity contribution in [2.75, 3.05) is 13.1 Å². The first kappa shape index (κ1) is 15.6. The molecule has 1 saturated heterocycles. The predicted molar refractivity (Wildman–Crippen MR) is 74.0 cm³/mol. The molecule has 1 amide bonds. The van der Waals surface area contributed by atoms with Gasteiger partial charge in [-0.05, 0) is 31.5 Å². The highest BCUT2D eigenvalue weighted by Gasteiger charge is 2.17. The van der Waals surface area contributed by atoms with Crippen LogP contribution in [0.4, 0.5) is 8.78 Å². The van der Waals surface area contributed by atoms with Crippen LogP contribution in [-0.2, 0) is 4.79 Å². The molecule has 1 unspecified atom stereocenters. The Morgan fingerprint density at radius 1 is 1.29 bits per heavy atom. The van der Waals surface area contributed by atoms with Gasteiger partial charge in [0.1, 0.15) is 11.6 Å². The van der Waals surface area contributed by atoms with Gasteiger partial charge in [0, 0.05) is 31.5 Å². The number of benzene rings is 1. The molecule has 2 rings (SSSR count). The van der Waals surface area contributed by atoms with E-state index in [1.807, 2.05) is 0 Å². The zero-order valence-corrected chi connectivity index (χ0v) is 11.6. The summed E-state index contributed by atoms with van der Waals surface area (Å²) in [5.41, 5.74) is -0.177. The maximum atomic E-state index is 13.4. The van der Waals surface area contributed by atoms with Gasteiger partial charge in [-0.3, -0.25) is 9.59 Å². The van der Waals surface area contributed by atoms with Gasteiger partial charge in [-0.15, -0.1) is 0 Å². The number of piperidine rings is 1. The molecule has 1 aromatic rings. The lowest BCUT2D eigenvalue weighted by Gasteiger charge is -2.23. The lowest BCUT2D eigenvalue weighted by atomic mass is 10.0. The second kappa shape index (κ2) is 7.26.